The molecule has 1 rings (SSSR count). The Morgan fingerprint density at radius 1 is 1.61 bits per heavy atom. The van der Waals surface area contributed by atoms with Gasteiger partial charge in [0.2, 0.25) is 0 Å². The molecule has 96 valence electrons. The zero-order chi connectivity index (χ0) is 13.9. The molecule has 0 bridgehead atoms. The van der Waals surface area contributed by atoms with E-state index in [-0.39, 0.29) is 16.9 Å². The average Bonchev–Trinajstić information content (AvgIpc) is 2.30. The maximum absolute atomic E-state index is 13.6. The second kappa shape index (κ2) is 5.26. The van der Waals surface area contributed by atoms with E-state index in [2.05, 4.69) is 6.58 Å². The first-order valence-corrected chi connectivity index (χ1v) is 4.79. The molecule has 0 fully saturated rings. The molecule has 7 heteroatoms. The van der Waals surface area contributed by atoms with E-state index >= 15 is 0 Å². The van der Waals surface area contributed by atoms with Crippen molar-refractivity contribution in [2.75, 3.05) is 7.11 Å². The molecule has 1 aromatic carbocycles. The number of benzene rings is 1. The first-order valence-electron chi connectivity index (χ1n) is 4.79. The summed E-state index contributed by atoms with van der Waals surface area (Å²) in [5, 5.41) is 19.6. The largest absolute Gasteiger partial charge is 0.490 e. The highest BCUT2D eigenvalue weighted by Gasteiger charge is 2.25. The molecular weight excluding hydrogens is 245 g/mol. The number of ether oxygens (including phenoxy) is 1. The van der Waals surface area contributed by atoms with Gasteiger partial charge < -0.3 is 9.84 Å². The molecule has 0 atom stereocenters. The van der Waals surface area contributed by atoms with Crippen molar-refractivity contribution in [3.8, 4) is 5.75 Å². The molecule has 6 nitrogen and oxygen atoms in total. The van der Waals surface area contributed by atoms with Gasteiger partial charge in [-0.15, -0.1) is 0 Å². The second-order valence-electron chi connectivity index (χ2n) is 3.42. The normalized spacial score (nSPS) is 9.89. The smallest absolute Gasteiger partial charge is 0.331 e. The van der Waals surface area contributed by atoms with Crippen molar-refractivity contribution in [2.24, 2.45) is 0 Å². The highest BCUT2D eigenvalue weighted by Crippen LogP contribution is 2.33. The van der Waals surface area contributed by atoms with Crippen LogP contribution in [0.2, 0.25) is 0 Å². The summed E-state index contributed by atoms with van der Waals surface area (Å²) >= 11 is 0. The lowest BCUT2D eigenvalue weighted by Crippen LogP contribution is -2.07. The Morgan fingerprint density at radius 3 is 2.67 bits per heavy atom. The van der Waals surface area contributed by atoms with Crippen LogP contribution in [0.1, 0.15) is 5.56 Å². The lowest BCUT2D eigenvalue weighted by molar-refractivity contribution is -0.386. The summed E-state index contributed by atoms with van der Waals surface area (Å²) in [4.78, 5) is 20.7. The van der Waals surface area contributed by atoms with Crippen LogP contribution in [-0.2, 0) is 11.2 Å². The van der Waals surface area contributed by atoms with Gasteiger partial charge in [0.1, 0.15) is 5.82 Å². The van der Waals surface area contributed by atoms with Crippen LogP contribution >= 0.6 is 0 Å². The molecule has 0 aromatic heterocycles. The number of nitrogens with zero attached hydrogens (tertiary/aromatic N) is 1. The Kier molecular flexibility index (Phi) is 3.98. The molecule has 0 heterocycles. The minimum atomic E-state index is -1.34. The van der Waals surface area contributed by atoms with Crippen molar-refractivity contribution in [3.05, 3.63) is 45.8 Å². The number of carboxylic acids is 1. The molecule has 1 aromatic rings. The zero-order valence-corrected chi connectivity index (χ0v) is 9.47. The van der Waals surface area contributed by atoms with Gasteiger partial charge in [0.15, 0.2) is 5.75 Å². The molecule has 1 N–H and O–H groups in total. The maximum Gasteiger partial charge on any atom is 0.331 e. The Morgan fingerprint density at radius 2 is 2.22 bits per heavy atom. The SMILES string of the molecule is C=C(Cc1c(F)ccc(OC)c1[N+](=O)[O-])C(=O)O. The zero-order valence-electron chi connectivity index (χ0n) is 9.47. The summed E-state index contributed by atoms with van der Waals surface area (Å²) in [6, 6.07) is 2.09. The molecule has 0 spiro atoms. The molecule has 0 saturated heterocycles. The van der Waals surface area contributed by atoms with E-state index in [1.165, 1.54) is 7.11 Å². The Labute approximate surface area is 101 Å². The predicted molar refractivity (Wildman–Crippen MR) is 60.1 cm³/mol. The van der Waals surface area contributed by atoms with Gasteiger partial charge in [-0.25, -0.2) is 9.18 Å². The molecule has 0 unspecified atom stereocenters. The summed E-state index contributed by atoms with van der Waals surface area (Å²) in [5.74, 6) is -2.34. The number of aliphatic carboxylic acids is 1. The highest BCUT2D eigenvalue weighted by atomic mass is 19.1. The van der Waals surface area contributed by atoms with E-state index in [4.69, 9.17) is 9.84 Å². The number of nitro groups is 1. The van der Waals surface area contributed by atoms with Gasteiger partial charge in [-0.05, 0) is 12.1 Å². The first-order chi connectivity index (χ1) is 8.38. The van der Waals surface area contributed by atoms with Crippen LogP contribution < -0.4 is 4.74 Å². The van der Waals surface area contributed by atoms with Crippen LogP contribution in [0.4, 0.5) is 10.1 Å². The van der Waals surface area contributed by atoms with Gasteiger partial charge in [0.05, 0.1) is 17.6 Å². The van der Waals surface area contributed by atoms with Gasteiger partial charge in [-0.2, -0.15) is 0 Å². The molecule has 18 heavy (non-hydrogen) atoms. The lowest BCUT2D eigenvalue weighted by atomic mass is 10.0. The predicted octanol–water partition coefficient (Wildman–Crippen LogP) is 1.93. The molecule has 0 aliphatic carbocycles. The van der Waals surface area contributed by atoms with Crippen LogP contribution in [-0.4, -0.2) is 23.1 Å². The van der Waals surface area contributed by atoms with Gasteiger partial charge >= 0.3 is 11.7 Å². The number of nitro benzene ring substituents is 1. The number of carboxylic acid groups (broad SMARTS) is 1. The van der Waals surface area contributed by atoms with E-state index in [0.29, 0.717) is 0 Å². The van der Waals surface area contributed by atoms with Crippen molar-refractivity contribution < 1.29 is 24.0 Å². The van der Waals surface area contributed by atoms with Gasteiger partial charge in [0, 0.05) is 12.0 Å². The third kappa shape index (κ3) is 2.62. The first kappa shape index (κ1) is 13.6. The molecule has 0 aliphatic heterocycles. The minimum Gasteiger partial charge on any atom is -0.490 e. The fraction of sp³-hybridized carbons (Fsp3) is 0.182. The Bertz CT molecular complexity index is 526. The van der Waals surface area contributed by atoms with Crippen molar-refractivity contribution in [2.45, 2.75) is 6.42 Å². The summed E-state index contributed by atoms with van der Waals surface area (Å²) in [6.45, 7) is 3.22. The van der Waals surface area contributed by atoms with E-state index in [9.17, 15) is 19.3 Å². The van der Waals surface area contributed by atoms with Gasteiger partial charge in [-0.3, -0.25) is 10.1 Å². The monoisotopic (exact) mass is 255 g/mol. The minimum absolute atomic E-state index is 0.130. The van der Waals surface area contributed by atoms with Crippen molar-refractivity contribution in [1.29, 1.82) is 0 Å². The molecule has 0 radical (unpaired) electrons. The number of hydrogen-bond acceptors (Lipinski definition) is 4. The Balaban J connectivity index is 3.36. The highest BCUT2D eigenvalue weighted by molar-refractivity contribution is 5.86. The number of halogens is 1. The topological polar surface area (TPSA) is 89.7 Å². The van der Waals surface area contributed by atoms with Crippen LogP contribution in [0, 0.1) is 15.9 Å². The standard InChI is InChI=1S/C11H10FNO5/c1-6(11(14)15)5-7-8(12)3-4-9(18-2)10(7)13(16)17/h3-4H,1,5H2,2H3,(H,14,15). The third-order valence-corrected chi connectivity index (χ3v) is 2.28. The second-order valence-corrected chi connectivity index (χ2v) is 3.42. The summed E-state index contributed by atoms with van der Waals surface area (Å²) < 4.78 is 18.3. The number of rotatable bonds is 5. The lowest BCUT2D eigenvalue weighted by Gasteiger charge is -2.08. The van der Waals surface area contributed by atoms with Crippen molar-refractivity contribution in [1.82, 2.24) is 0 Å². The molecule has 0 amide bonds. The van der Waals surface area contributed by atoms with Gasteiger partial charge in [-0.1, -0.05) is 6.58 Å². The average molecular weight is 255 g/mol. The molecule has 0 saturated carbocycles. The van der Waals surface area contributed by atoms with E-state index in [1.807, 2.05) is 0 Å². The number of methoxy groups -OCH3 is 1. The van der Waals surface area contributed by atoms with Crippen molar-refractivity contribution in [3.63, 3.8) is 0 Å². The number of carbonyl (C=O) groups is 1. The fourth-order valence-corrected chi connectivity index (χ4v) is 1.41. The quantitative estimate of drug-likeness (QED) is 0.493. The van der Waals surface area contributed by atoms with Crippen LogP contribution in [0.25, 0.3) is 0 Å². The number of hydrogen-bond donors (Lipinski definition) is 1. The fourth-order valence-electron chi connectivity index (χ4n) is 1.41. The third-order valence-electron chi connectivity index (χ3n) is 2.28. The molecular formula is C11H10FNO5. The maximum atomic E-state index is 13.6. The van der Waals surface area contributed by atoms with Crippen LogP contribution in [0.15, 0.2) is 24.3 Å². The van der Waals surface area contributed by atoms with E-state index in [0.717, 1.165) is 12.1 Å². The van der Waals surface area contributed by atoms with Crippen LogP contribution in [0.5, 0.6) is 5.75 Å². The van der Waals surface area contributed by atoms with Crippen molar-refractivity contribution >= 4 is 11.7 Å². The summed E-state index contributed by atoms with van der Waals surface area (Å²) in [7, 11) is 1.20. The van der Waals surface area contributed by atoms with Crippen LogP contribution in [0.3, 0.4) is 0 Å². The van der Waals surface area contributed by atoms with E-state index in [1.54, 1.807) is 0 Å². The Hall–Kier alpha value is -2.44. The van der Waals surface area contributed by atoms with E-state index < -0.39 is 28.8 Å². The summed E-state index contributed by atoms with van der Waals surface area (Å²) in [5.41, 5.74) is -1.28. The molecule has 0 aliphatic rings. The summed E-state index contributed by atoms with van der Waals surface area (Å²) in [6.07, 6.45) is -0.464. The van der Waals surface area contributed by atoms with Gasteiger partial charge in [0.25, 0.3) is 0 Å².